The van der Waals surface area contributed by atoms with E-state index in [0.29, 0.717) is 5.78 Å². The Morgan fingerprint density at radius 2 is 2.15 bits per heavy atom. The zero-order chi connectivity index (χ0) is 9.10. The van der Waals surface area contributed by atoms with Crippen LogP contribution in [0.3, 0.4) is 0 Å². The topological polar surface area (TPSA) is 32.9 Å². The molecule has 0 spiro atoms. The largest absolute Gasteiger partial charge is 0.365 e. The monoisotopic (exact) mass is 177 g/mol. The first kappa shape index (κ1) is 8.54. The summed E-state index contributed by atoms with van der Waals surface area (Å²) in [6, 6.07) is 4.15. The van der Waals surface area contributed by atoms with Crippen molar-refractivity contribution in [1.82, 2.24) is 4.98 Å². The number of carbonyl (C=O) groups is 1. The van der Waals surface area contributed by atoms with Crippen molar-refractivity contribution in [3.05, 3.63) is 24.0 Å². The second kappa shape index (κ2) is 3.77. The molecular weight excluding hydrogens is 162 g/mol. The fourth-order valence-corrected chi connectivity index (χ4v) is 2.01. The molecule has 1 saturated carbocycles. The molecule has 1 aliphatic rings. The van der Waals surface area contributed by atoms with Crippen LogP contribution in [0, 0.1) is 5.92 Å². The molecule has 1 heterocycles. The van der Waals surface area contributed by atoms with Gasteiger partial charge in [0, 0.05) is 24.7 Å². The van der Waals surface area contributed by atoms with Gasteiger partial charge in [-0.3, -0.25) is 4.79 Å². The molecule has 0 atom stereocenters. The van der Waals surface area contributed by atoms with Gasteiger partial charge in [0.25, 0.3) is 0 Å². The minimum Gasteiger partial charge on any atom is -0.365 e. The molecule has 2 rings (SSSR count). The standard InChI is InChI=1S/C11H15NO/c13-11-5-3-9(4-6-11)8-10-2-1-7-12-10/h1-2,7,9,12H,3-6,8H2. The minimum absolute atomic E-state index is 0.447. The van der Waals surface area contributed by atoms with Crippen molar-refractivity contribution >= 4 is 5.78 Å². The van der Waals surface area contributed by atoms with Gasteiger partial charge in [-0.05, 0) is 37.3 Å². The second-order valence-corrected chi connectivity index (χ2v) is 3.88. The van der Waals surface area contributed by atoms with Crippen molar-refractivity contribution in [2.45, 2.75) is 32.1 Å². The maximum Gasteiger partial charge on any atom is 0.132 e. The lowest BCUT2D eigenvalue weighted by atomic mass is 9.85. The molecule has 1 aromatic heterocycles. The molecule has 1 fully saturated rings. The Bertz CT molecular complexity index is 266. The van der Waals surface area contributed by atoms with Gasteiger partial charge in [0.05, 0.1) is 0 Å². The summed E-state index contributed by atoms with van der Waals surface area (Å²) in [6.45, 7) is 0. The van der Waals surface area contributed by atoms with E-state index in [9.17, 15) is 4.79 Å². The van der Waals surface area contributed by atoms with E-state index in [0.717, 1.165) is 38.0 Å². The van der Waals surface area contributed by atoms with E-state index in [-0.39, 0.29) is 0 Å². The van der Waals surface area contributed by atoms with E-state index in [4.69, 9.17) is 0 Å². The normalized spacial score (nSPS) is 19.2. The van der Waals surface area contributed by atoms with Crippen LogP contribution in [0.5, 0.6) is 0 Å². The van der Waals surface area contributed by atoms with E-state index in [1.165, 1.54) is 5.69 Å². The number of aromatic nitrogens is 1. The predicted octanol–water partition coefficient (Wildman–Crippen LogP) is 2.32. The molecule has 2 heteroatoms. The van der Waals surface area contributed by atoms with E-state index < -0.39 is 0 Å². The number of rotatable bonds is 2. The molecule has 70 valence electrons. The summed E-state index contributed by atoms with van der Waals surface area (Å²) in [5.41, 5.74) is 1.30. The van der Waals surface area contributed by atoms with Crippen molar-refractivity contribution in [1.29, 1.82) is 0 Å². The van der Waals surface area contributed by atoms with Gasteiger partial charge in [0.1, 0.15) is 5.78 Å². The zero-order valence-corrected chi connectivity index (χ0v) is 7.75. The number of hydrogen-bond acceptors (Lipinski definition) is 1. The lowest BCUT2D eigenvalue weighted by molar-refractivity contribution is -0.121. The first-order valence-corrected chi connectivity index (χ1v) is 4.98. The highest BCUT2D eigenvalue weighted by atomic mass is 16.1. The van der Waals surface area contributed by atoms with Crippen LogP contribution in [0.4, 0.5) is 0 Å². The van der Waals surface area contributed by atoms with Crippen LogP contribution in [-0.2, 0) is 11.2 Å². The first-order chi connectivity index (χ1) is 6.34. The van der Waals surface area contributed by atoms with Gasteiger partial charge < -0.3 is 4.98 Å². The quantitative estimate of drug-likeness (QED) is 0.738. The smallest absolute Gasteiger partial charge is 0.132 e. The molecule has 2 nitrogen and oxygen atoms in total. The highest BCUT2D eigenvalue weighted by Gasteiger charge is 2.18. The lowest BCUT2D eigenvalue weighted by Crippen LogP contribution is -2.15. The van der Waals surface area contributed by atoms with Crippen molar-refractivity contribution in [3.8, 4) is 0 Å². The molecule has 0 amide bonds. The molecule has 1 aliphatic carbocycles. The molecule has 0 aliphatic heterocycles. The van der Waals surface area contributed by atoms with Crippen LogP contribution in [0.1, 0.15) is 31.4 Å². The Morgan fingerprint density at radius 1 is 1.38 bits per heavy atom. The van der Waals surface area contributed by atoms with Crippen LogP contribution >= 0.6 is 0 Å². The summed E-state index contributed by atoms with van der Waals surface area (Å²) in [4.78, 5) is 14.2. The SMILES string of the molecule is O=C1CCC(Cc2ccc[nH]2)CC1. The molecule has 1 N–H and O–H groups in total. The summed E-state index contributed by atoms with van der Waals surface area (Å²) in [6.07, 6.45) is 6.83. The van der Waals surface area contributed by atoms with Gasteiger partial charge in [-0.1, -0.05) is 0 Å². The molecule has 0 unspecified atom stereocenters. The lowest BCUT2D eigenvalue weighted by Gasteiger charge is -2.19. The van der Waals surface area contributed by atoms with Crippen LogP contribution < -0.4 is 0 Å². The third-order valence-electron chi connectivity index (χ3n) is 2.83. The predicted molar refractivity (Wildman–Crippen MR) is 51.5 cm³/mol. The zero-order valence-electron chi connectivity index (χ0n) is 7.75. The fourth-order valence-electron chi connectivity index (χ4n) is 2.01. The average molecular weight is 177 g/mol. The Hall–Kier alpha value is -1.05. The molecule has 0 bridgehead atoms. The van der Waals surface area contributed by atoms with Gasteiger partial charge in [-0.15, -0.1) is 0 Å². The Balaban J connectivity index is 1.86. The molecule has 13 heavy (non-hydrogen) atoms. The van der Waals surface area contributed by atoms with Gasteiger partial charge in [0.15, 0.2) is 0 Å². The van der Waals surface area contributed by atoms with Gasteiger partial charge in [-0.2, -0.15) is 0 Å². The van der Waals surface area contributed by atoms with E-state index in [1.807, 2.05) is 12.3 Å². The van der Waals surface area contributed by atoms with Gasteiger partial charge >= 0.3 is 0 Å². The Kier molecular flexibility index (Phi) is 2.48. The van der Waals surface area contributed by atoms with Crippen LogP contribution in [-0.4, -0.2) is 10.8 Å². The molecule has 0 radical (unpaired) electrons. The number of ketones is 1. The number of hydrogen-bond donors (Lipinski definition) is 1. The third-order valence-corrected chi connectivity index (χ3v) is 2.83. The molecule has 0 aromatic carbocycles. The number of Topliss-reactive ketones (excluding diaryl/α,β-unsaturated/α-hetero) is 1. The molecular formula is C11H15NO. The maximum absolute atomic E-state index is 11.0. The molecule has 0 saturated heterocycles. The highest BCUT2D eigenvalue weighted by molar-refractivity contribution is 5.79. The van der Waals surface area contributed by atoms with E-state index >= 15 is 0 Å². The Labute approximate surface area is 78.4 Å². The van der Waals surface area contributed by atoms with E-state index in [2.05, 4.69) is 11.1 Å². The van der Waals surface area contributed by atoms with Gasteiger partial charge in [0.2, 0.25) is 0 Å². The fraction of sp³-hybridized carbons (Fsp3) is 0.545. The second-order valence-electron chi connectivity index (χ2n) is 3.88. The molecule has 1 aromatic rings. The third kappa shape index (κ3) is 2.20. The van der Waals surface area contributed by atoms with Crippen molar-refractivity contribution < 1.29 is 4.79 Å². The van der Waals surface area contributed by atoms with Crippen molar-refractivity contribution in [2.24, 2.45) is 5.92 Å². The summed E-state index contributed by atoms with van der Waals surface area (Å²) in [5, 5.41) is 0. The number of carbonyl (C=O) groups excluding carboxylic acids is 1. The van der Waals surface area contributed by atoms with Crippen LogP contribution in [0.2, 0.25) is 0 Å². The summed E-state index contributed by atoms with van der Waals surface area (Å²) >= 11 is 0. The van der Waals surface area contributed by atoms with E-state index in [1.54, 1.807) is 0 Å². The summed E-state index contributed by atoms with van der Waals surface area (Å²) in [5.74, 6) is 1.17. The first-order valence-electron chi connectivity index (χ1n) is 4.98. The minimum atomic E-state index is 0.447. The summed E-state index contributed by atoms with van der Waals surface area (Å²) < 4.78 is 0. The van der Waals surface area contributed by atoms with Crippen LogP contribution in [0.15, 0.2) is 18.3 Å². The van der Waals surface area contributed by atoms with Crippen molar-refractivity contribution in [2.75, 3.05) is 0 Å². The number of nitrogens with one attached hydrogen (secondary N) is 1. The average Bonchev–Trinajstić information content (AvgIpc) is 2.62. The Morgan fingerprint density at radius 3 is 2.77 bits per heavy atom. The van der Waals surface area contributed by atoms with Crippen LogP contribution in [0.25, 0.3) is 0 Å². The summed E-state index contributed by atoms with van der Waals surface area (Å²) in [7, 11) is 0. The highest BCUT2D eigenvalue weighted by Crippen LogP contribution is 2.24. The van der Waals surface area contributed by atoms with Crippen molar-refractivity contribution in [3.63, 3.8) is 0 Å². The maximum atomic E-state index is 11.0. The number of aromatic amines is 1. The number of H-pyrrole nitrogens is 1. The van der Waals surface area contributed by atoms with Gasteiger partial charge in [-0.25, -0.2) is 0 Å².